The zero-order valence-electron chi connectivity index (χ0n) is 11.7. The third-order valence-corrected chi connectivity index (χ3v) is 3.86. The van der Waals surface area contributed by atoms with Gasteiger partial charge in [-0.15, -0.1) is 0 Å². The molecule has 0 spiro atoms. The zero-order chi connectivity index (χ0) is 14.5. The van der Waals surface area contributed by atoms with Crippen LogP contribution in [0.4, 0.5) is 4.39 Å². The molecule has 0 bridgehead atoms. The molecule has 1 N–H and O–H groups in total. The predicted octanol–water partition coefficient (Wildman–Crippen LogP) is 3.17. The summed E-state index contributed by atoms with van der Waals surface area (Å²) in [6.45, 7) is 1.91. The van der Waals surface area contributed by atoms with Gasteiger partial charge in [0.15, 0.2) is 0 Å². The van der Waals surface area contributed by atoms with E-state index in [1.807, 2.05) is 6.92 Å². The van der Waals surface area contributed by atoms with Crippen molar-refractivity contribution >= 4 is 5.97 Å². The van der Waals surface area contributed by atoms with Gasteiger partial charge in [-0.25, -0.2) is 4.39 Å². The molecule has 2 rings (SSSR count). The molecular weight excluding hydrogens is 259 g/mol. The van der Waals surface area contributed by atoms with Gasteiger partial charge >= 0.3 is 5.97 Å². The van der Waals surface area contributed by atoms with Crippen molar-refractivity contribution in [1.82, 2.24) is 0 Å². The van der Waals surface area contributed by atoms with Crippen LogP contribution in [0.5, 0.6) is 0 Å². The smallest absolute Gasteiger partial charge is 0.306 e. The van der Waals surface area contributed by atoms with E-state index in [0.29, 0.717) is 6.42 Å². The van der Waals surface area contributed by atoms with Gasteiger partial charge in [0, 0.05) is 0 Å². The quantitative estimate of drug-likeness (QED) is 0.862. The molecule has 0 saturated heterocycles. The van der Waals surface area contributed by atoms with E-state index in [1.165, 1.54) is 12.1 Å². The molecule has 0 amide bonds. The van der Waals surface area contributed by atoms with E-state index in [-0.39, 0.29) is 30.2 Å². The lowest BCUT2D eigenvalue weighted by Gasteiger charge is -2.27. The Kier molecular flexibility index (Phi) is 5.12. The fourth-order valence-corrected chi connectivity index (χ4v) is 2.59. The Morgan fingerprint density at radius 3 is 2.65 bits per heavy atom. The van der Waals surface area contributed by atoms with Crippen LogP contribution in [-0.2, 0) is 9.53 Å². The van der Waals surface area contributed by atoms with Crippen molar-refractivity contribution in [2.24, 2.45) is 0 Å². The SMILES string of the molecule is CC(CC(=O)O[C@@H]1CCCC[C@H]1O)c1ccc(F)cc1. The minimum absolute atomic E-state index is 0.0242. The average molecular weight is 280 g/mol. The summed E-state index contributed by atoms with van der Waals surface area (Å²) in [6, 6.07) is 6.15. The van der Waals surface area contributed by atoms with Crippen LogP contribution in [0.1, 0.15) is 50.5 Å². The largest absolute Gasteiger partial charge is 0.460 e. The topological polar surface area (TPSA) is 46.5 Å². The van der Waals surface area contributed by atoms with Crippen LogP contribution in [-0.4, -0.2) is 23.3 Å². The van der Waals surface area contributed by atoms with E-state index < -0.39 is 6.10 Å². The molecule has 3 nitrogen and oxygen atoms in total. The normalized spacial score (nSPS) is 24.1. The number of hydrogen-bond donors (Lipinski definition) is 1. The van der Waals surface area contributed by atoms with Gasteiger partial charge < -0.3 is 9.84 Å². The van der Waals surface area contributed by atoms with Crippen molar-refractivity contribution in [3.63, 3.8) is 0 Å². The van der Waals surface area contributed by atoms with Gasteiger partial charge in [0.25, 0.3) is 0 Å². The summed E-state index contributed by atoms with van der Waals surface area (Å²) in [6.07, 6.45) is 2.76. The summed E-state index contributed by atoms with van der Waals surface area (Å²) >= 11 is 0. The fourth-order valence-electron chi connectivity index (χ4n) is 2.59. The Hall–Kier alpha value is -1.42. The maximum atomic E-state index is 12.8. The van der Waals surface area contributed by atoms with Crippen molar-refractivity contribution in [2.75, 3.05) is 0 Å². The molecule has 1 saturated carbocycles. The lowest BCUT2D eigenvalue weighted by atomic mass is 9.94. The Balaban J connectivity index is 1.85. The molecule has 1 aliphatic carbocycles. The van der Waals surface area contributed by atoms with E-state index in [0.717, 1.165) is 24.8 Å². The fraction of sp³-hybridized carbons (Fsp3) is 0.562. The van der Waals surface area contributed by atoms with E-state index >= 15 is 0 Å². The van der Waals surface area contributed by atoms with Gasteiger partial charge in [0.05, 0.1) is 12.5 Å². The highest BCUT2D eigenvalue weighted by Crippen LogP contribution is 2.24. The lowest BCUT2D eigenvalue weighted by Crippen LogP contribution is -2.34. The van der Waals surface area contributed by atoms with E-state index in [4.69, 9.17) is 4.74 Å². The first-order valence-electron chi connectivity index (χ1n) is 7.19. The highest BCUT2D eigenvalue weighted by molar-refractivity contribution is 5.70. The molecule has 1 aromatic rings. The van der Waals surface area contributed by atoms with Gasteiger partial charge in [-0.05, 0) is 42.9 Å². The summed E-state index contributed by atoms with van der Waals surface area (Å²) < 4.78 is 18.2. The maximum absolute atomic E-state index is 12.8. The molecule has 1 unspecified atom stereocenters. The standard InChI is InChI=1S/C16H21FO3/c1-11(12-6-8-13(17)9-7-12)10-16(19)20-15-5-3-2-4-14(15)18/h6-9,11,14-15,18H,2-5,10H2,1H3/t11?,14-,15-/m1/s1. The van der Waals surface area contributed by atoms with Gasteiger partial charge in [0.2, 0.25) is 0 Å². The molecular formula is C16H21FO3. The number of ether oxygens (including phenoxy) is 1. The van der Waals surface area contributed by atoms with Gasteiger partial charge in [-0.2, -0.15) is 0 Å². The number of esters is 1. The molecule has 4 heteroatoms. The molecule has 3 atom stereocenters. The summed E-state index contributed by atoms with van der Waals surface area (Å²) in [5, 5.41) is 9.78. The van der Waals surface area contributed by atoms with Crippen LogP contribution in [0.3, 0.4) is 0 Å². The van der Waals surface area contributed by atoms with Crippen LogP contribution in [0, 0.1) is 5.82 Å². The number of aliphatic hydroxyl groups is 1. The average Bonchev–Trinajstić information content (AvgIpc) is 2.42. The molecule has 0 heterocycles. The molecule has 0 aromatic heterocycles. The number of aliphatic hydroxyl groups excluding tert-OH is 1. The van der Waals surface area contributed by atoms with Gasteiger partial charge in [0.1, 0.15) is 11.9 Å². The van der Waals surface area contributed by atoms with Crippen LogP contribution >= 0.6 is 0 Å². The van der Waals surface area contributed by atoms with Gasteiger partial charge in [-0.3, -0.25) is 4.79 Å². The third-order valence-electron chi connectivity index (χ3n) is 3.86. The minimum Gasteiger partial charge on any atom is -0.460 e. The number of carbonyl (C=O) groups is 1. The minimum atomic E-state index is -0.533. The second-order valence-corrected chi connectivity index (χ2v) is 5.54. The summed E-state index contributed by atoms with van der Waals surface area (Å²) in [4.78, 5) is 11.9. The number of halogens is 1. The highest BCUT2D eigenvalue weighted by atomic mass is 19.1. The van der Waals surface area contributed by atoms with Crippen LogP contribution in [0.15, 0.2) is 24.3 Å². The molecule has 0 radical (unpaired) electrons. The molecule has 1 aromatic carbocycles. The molecule has 110 valence electrons. The maximum Gasteiger partial charge on any atom is 0.306 e. The van der Waals surface area contributed by atoms with Gasteiger partial charge in [-0.1, -0.05) is 25.5 Å². The second-order valence-electron chi connectivity index (χ2n) is 5.54. The van der Waals surface area contributed by atoms with E-state index in [2.05, 4.69) is 0 Å². The van der Waals surface area contributed by atoms with Crippen molar-refractivity contribution < 1.29 is 19.0 Å². The van der Waals surface area contributed by atoms with Crippen molar-refractivity contribution in [3.05, 3.63) is 35.6 Å². The number of hydrogen-bond acceptors (Lipinski definition) is 3. The summed E-state index contributed by atoms with van der Waals surface area (Å²) in [7, 11) is 0. The highest BCUT2D eigenvalue weighted by Gasteiger charge is 2.27. The Labute approximate surface area is 118 Å². The summed E-state index contributed by atoms with van der Waals surface area (Å²) in [5.41, 5.74) is 0.910. The van der Waals surface area contributed by atoms with E-state index in [9.17, 15) is 14.3 Å². The third kappa shape index (κ3) is 4.04. The molecule has 1 fully saturated rings. The Morgan fingerprint density at radius 1 is 1.35 bits per heavy atom. The molecule has 20 heavy (non-hydrogen) atoms. The number of carbonyl (C=O) groups excluding carboxylic acids is 1. The summed E-state index contributed by atoms with van der Waals surface area (Å²) in [5.74, 6) is -0.606. The molecule has 1 aliphatic rings. The van der Waals surface area contributed by atoms with Crippen LogP contribution in [0.25, 0.3) is 0 Å². The number of benzene rings is 1. The number of rotatable bonds is 4. The second kappa shape index (κ2) is 6.84. The monoisotopic (exact) mass is 280 g/mol. The molecule has 0 aliphatic heterocycles. The van der Waals surface area contributed by atoms with Crippen molar-refractivity contribution in [1.29, 1.82) is 0 Å². The first kappa shape index (κ1) is 15.0. The lowest BCUT2D eigenvalue weighted by molar-refractivity contribution is -0.157. The van der Waals surface area contributed by atoms with E-state index in [1.54, 1.807) is 12.1 Å². The predicted molar refractivity (Wildman–Crippen MR) is 73.8 cm³/mol. The first-order valence-corrected chi connectivity index (χ1v) is 7.19. The van der Waals surface area contributed by atoms with Crippen molar-refractivity contribution in [2.45, 2.75) is 57.2 Å². The zero-order valence-corrected chi connectivity index (χ0v) is 11.7. The Morgan fingerprint density at radius 2 is 2.00 bits per heavy atom. The van der Waals surface area contributed by atoms with Crippen LogP contribution in [0.2, 0.25) is 0 Å². The van der Waals surface area contributed by atoms with Crippen LogP contribution < -0.4 is 0 Å². The first-order chi connectivity index (χ1) is 9.56. The Bertz CT molecular complexity index is 444. The van der Waals surface area contributed by atoms with Crippen molar-refractivity contribution in [3.8, 4) is 0 Å².